The molecule has 0 bridgehead atoms. The Morgan fingerprint density at radius 2 is 0.933 bits per heavy atom. The molecule has 1 heterocycles. The van der Waals surface area contributed by atoms with Gasteiger partial charge in [0, 0.05) is 0 Å². The summed E-state index contributed by atoms with van der Waals surface area (Å²) in [6.45, 7) is 0. The third kappa shape index (κ3) is 1.45. The van der Waals surface area contributed by atoms with Gasteiger partial charge in [0.1, 0.15) is 0 Å². The van der Waals surface area contributed by atoms with Crippen molar-refractivity contribution < 1.29 is 0 Å². The van der Waals surface area contributed by atoms with Crippen molar-refractivity contribution >= 4 is 22.1 Å². The number of hydrogen-bond donors (Lipinski definition) is 0. The Balaban J connectivity index is 2.06. The van der Waals surface area contributed by atoms with Crippen LogP contribution in [0.5, 0.6) is 0 Å². The monoisotopic (exact) mass is 254 g/mol. The van der Waals surface area contributed by atoms with Crippen LogP contribution in [0, 0.1) is 0 Å². The Morgan fingerprint density at radius 3 is 1.27 bits per heavy atom. The quantitative estimate of drug-likeness (QED) is 0.717. The molecule has 0 aromatic heterocycles. The Kier molecular flexibility index (Phi) is 2.03. The molecule has 1 aliphatic rings. The van der Waals surface area contributed by atoms with E-state index in [4.69, 9.17) is 0 Å². The zero-order chi connectivity index (χ0) is 10.1. The van der Waals surface area contributed by atoms with Crippen molar-refractivity contribution in [3.63, 3.8) is 0 Å². The maximum atomic E-state index is 2.45. The van der Waals surface area contributed by atoms with Gasteiger partial charge in [0.25, 0.3) is 0 Å². The van der Waals surface area contributed by atoms with E-state index in [2.05, 4.69) is 70.5 Å². The summed E-state index contributed by atoms with van der Waals surface area (Å²) in [5.74, 6) is 0. The molecule has 0 nitrogen and oxygen atoms in total. The fourth-order valence-corrected chi connectivity index (χ4v) is 9.67. The molecule has 0 fully saturated rings. The van der Waals surface area contributed by atoms with Crippen LogP contribution in [-0.2, 0) is 0 Å². The number of benzene rings is 2. The van der Waals surface area contributed by atoms with Crippen molar-refractivity contribution in [1.29, 1.82) is 0 Å². The van der Waals surface area contributed by atoms with Crippen LogP contribution in [0.3, 0.4) is 0 Å². The van der Waals surface area contributed by atoms with Crippen LogP contribution in [0.1, 0.15) is 0 Å². The summed E-state index contributed by atoms with van der Waals surface area (Å²) >= 11 is -2.00. The molecule has 0 saturated carbocycles. The van der Waals surface area contributed by atoms with Gasteiger partial charge in [-0.1, -0.05) is 0 Å². The van der Waals surface area contributed by atoms with Gasteiger partial charge < -0.3 is 0 Å². The molecular formula is C14H12Ge. The van der Waals surface area contributed by atoms with Crippen molar-refractivity contribution in [3.05, 3.63) is 70.5 Å². The third-order valence-corrected chi connectivity index (χ3v) is 10.5. The maximum absolute atomic E-state index is 2.45. The number of hydrogen-bond acceptors (Lipinski definition) is 0. The number of rotatable bonds is 2. The molecule has 0 atom stereocenters. The van der Waals surface area contributed by atoms with Crippen LogP contribution in [0.15, 0.2) is 70.5 Å². The first kappa shape index (κ1) is 8.99. The second kappa shape index (κ2) is 3.39. The van der Waals surface area contributed by atoms with Gasteiger partial charge in [0.2, 0.25) is 0 Å². The van der Waals surface area contributed by atoms with Crippen LogP contribution >= 0.6 is 0 Å². The molecule has 2 aromatic rings. The van der Waals surface area contributed by atoms with Gasteiger partial charge in [-0.15, -0.1) is 0 Å². The van der Waals surface area contributed by atoms with Crippen LogP contribution in [-0.4, -0.2) is 13.3 Å². The molecule has 0 aliphatic carbocycles. The molecular weight excluding hydrogens is 241 g/mol. The first-order valence-corrected chi connectivity index (χ1v) is 9.75. The minimum absolute atomic E-state index is 1.55. The summed E-state index contributed by atoms with van der Waals surface area (Å²) in [6, 6.07) is 21.8. The van der Waals surface area contributed by atoms with Gasteiger partial charge in [0.05, 0.1) is 0 Å². The molecule has 72 valence electrons. The molecule has 3 rings (SSSR count). The second-order valence-corrected chi connectivity index (χ2v) is 11.4. The summed E-state index contributed by atoms with van der Waals surface area (Å²) in [6.07, 6.45) is 0. The molecule has 0 spiro atoms. The van der Waals surface area contributed by atoms with Crippen LogP contribution in [0.25, 0.3) is 0 Å². The molecule has 2 aromatic carbocycles. The van der Waals surface area contributed by atoms with E-state index in [1.807, 2.05) is 0 Å². The van der Waals surface area contributed by atoms with Gasteiger partial charge in [-0.2, -0.15) is 0 Å². The van der Waals surface area contributed by atoms with Crippen LogP contribution in [0.2, 0.25) is 0 Å². The van der Waals surface area contributed by atoms with Gasteiger partial charge >= 0.3 is 92.5 Å². The van der Waals surface area contributed by atoms with Crippen molar-refractivity contribution in [1.82, 2.24) is 0 Å². The van der Waals surface area contributed by atoms with Gasteiger partial charge in [-0.05, 0) is 0 Å². The Bertz CT molecular complexity index is 438. The van der Waals surface area contributed by atoms with Crippen LogP contribution < -0.4 is 8.79 Å². The standard InChI is InChI=1S/C14H12Ge/c1-3-7-13(8-4-1)15(11-12-15)14-9-5-2-6-10-14/h1-12H. The van der Waals surface area contributed by atoms with Crippen molar-refractivity contribution in [3.8, 4) is 0 Å². The Hall–Kier alpha value is -1.28. The van der Waals surface area contributed by atoms with Crippen molar-refractivity contribution in [2.45, 2.75) is 0 Å². The molecule has 0 N–H and O–H groups in total. The van der Waals surface area contributed by atoms with Gasteiger partial charge in [0.15, 0.2) is 0 Å². The average molecular weight is 253 g/mol. The van der Waals surface area contributed by atoms with E-state index in [1.54, 1.807) is 8.79 Å². The van der Waals surface area contributed by atoms with Crippen LogP contribution in [0.4, 0.5) is 0 Å². The fraction of sp³-hybridized carbons (Fsp3) is 0. The minimum atomic E-state index is -2.00. The van der Waals surface area contributed by atoms with Gasteiger partial charge in [-0.25, -0.2) is 0 Å². The van der Waals surface area contributed by atoms with E-state index < -0.39 is 13.3 Å². The normalized spacial score (nSPS) is 16.3. The van der Waals surface area contributed by atoms with E-state index in [9.17, 15) is 0 Å². The molecule has 15 heavy (non-hydrogen) atoms. The average Bonchev–Trinajstić information content (AvgIpc) is 3.13. The first-order chi connectivity index (χ1) is 7.42. The summed E-state index contributed by atoms with van der Waals surface area (Å²) in [5, 5.41) is 0. The summed E-state index contributed by atoms with van der Waals surface area (Å²) < 4.78 is 3.09. The molecule has 1 aliphatic heterocycles. The molecule has 0 radical (unpaired) electrons. The van der Waals surface area contributed by atoms with E-state index in [0.717, 1.165) is 0 Å². The van der Waals surface area contributed by atoms with Gasteiger partial charge in [-0.3, -0.25) is 0 Å². The van der Waals surface area contributed by atoms with E-state index in [1.165, 1.54) is 0 Å². The zero-order valence-corrected chi connectivity index (χ0v) is 10.5. The van der Waals surface area contributed by atoms with Crippen molar-refractivity contribution in [2.24, 2.45) is 0 Å². The molecule has 0 amide bonds. The molecule has 0 unspecified atom stereocenters. The first-order valence-electron chi connectivity index (χ1n) is 5.23. The topological polar surface area (TPSA) is 0 Å². The third-order valence-electron chi connectivity index (χ3n) is 3.00. The Labute approximate surface area is 92.6 Å². The molecule has 0 saturated heterocycles. The predicted molar refractivity (Wildman–Crippen MR) is 67.0 cm³/mol. The van der Waals surface area contributed by atoms with E-state index in [0.29, 0.717) is 0 Å². The van der Waals surface area contributed by atoms with E-state index >= 15 is 0 Å². The summed E-state index contributed by atoms with van der Waals surface area (Å²) in [5.41, 5.74) is 0. The Morgan fingerprint density at radius 1 is 0.533 bits per heavy atom. The molecule has 1 heteroatoms. The summed E-state index contributed by atoms with van der Waals surface area (Å²) in [7, 11) is 0. The summed E-state index contributed by atoms with van der Waals surface area (Å²) in [4.78, 5) is 4.90. The van der Waals surface area contributed by atoms with E-state index in [-0.39, 0.29) is 0 Å². The predicted octanol–water partition coefficient (Wildman–Crippen LogP) is 1.90. The second-order valence-electron chi connectivity index (χ2n) is 3.93. The fourth-order valence-electron chi connectivity index (χ4n) is 2.06. The SMILES string of the molecule is [CH]1=[CH][Ge]1([c]1ccccc1)[c]1ccccc1. The zero-order valence-electron chi connectivity index (χ0n) is 8.43. The van der Waals surface area contributed by atoms with Crippen molar-refractivity contribution in [2.75, 3.05) is 0 Å².